The Hall–Kier alpha value is -1.75. The predicted octanol–water partition coefficient (Wildman–Crippen LogP) is 3.30. The number of nitrogens with zero attached hydrogens (tertiary/aromatic N) is 1. The highest BCUT2D eigenvalue weighted by molar-refractivity contribution is 6.33. The van der Waals surface area contributed by atoms with E-state index in [0.29, 0.717) is 17.5 Å². The van der Waals surface area contributed by atoms with Gasteiger partial charge in [-0.2, -0.15) is 0 Å². The first-order valence-electron chi connectivity index (χ1n) is 7.13. The summed E-state index contributed by atoms with van der Waals surface area (Å²) in [5.41, 5.74) is 0.451. The van der Waals surface area contributed by atoms with Crippen LogP contribution in [0.25, 0.3) is 0 Å². The molecule has 1 aliphatic carbocycles. The van der Waals surface area contributed by atoms with E-state index >= 15 is 0 Å². The Labute approximate surface area is 127 Å². The van der Waals surface area contributed by atoms with Crippen LogP contribution in [-0.4, -0.2) is 35.1 Å². The van der Waals surface area contributed by atoms with Gasteiger partial charge in [-0.25, -0.2) is 9.59 Å². The van der Waals surface area contributed by atoms with Gasteiger partial charge in [-0.3, -0.25) is 0 Å². The number of carboxylic acid groups (broad SMARTS) is 1. The van der Waals surface area contributed by atoms with Gasteiger partial charge >= 0.3 is 12.0 Å². The van der Waals surface area contributed by atoms with Crippen molar-refractivity contribution in [1.29, 1.82) is 0 Å². The quantitative estimate of drug-likeness (QED) is 0.880. The molecule has 2 unspecified atom stereocenters. The standard InChI is InChI=1S/C15H17ClN2O3/c16-13-5-4-11(6-12(13)14(19)20)17-15(21)18-7-9-2-1-3-10(9)8-18/h4-6,9-10H,1-3,7-8H2,(H,17,21)(H,19,20). The van der Waals surface area contributed by atoms with Crippen LogP contribution in [0.5, 0.6) is 0 Å². The third-order valence-corrected chi connectivity index (χ3v) is 4.79. The van der Waals surface area contributed by atoms with Crippen molar-refractivity contribution in [3.05, 3.63) is 28.8 Å². The fourth-order valence-electron chi connectivity index (χ4n) is 3.37. The van der Waals surface area contributed by atoms with E-state index in [-0.39, 0.29) is 16.6 Å². The second-order valence-electron chi connectivity index (χ2n) is 5.79. The van der Waals surface area contributed by atoms with E-state index in [2.05, 4.69) is 5.32 Å². The minimum absolute atomic E-state index is 0.00671. The Morgan fingerprint density at radius 1 is 1.24 bits per heavy atom. The molecule has 1 aromatic rings. The summed E-state index contributed by atoms with van der Waals surface area (Å²) in [6.07, 6.45) is 3.68. The maximum Gasteiger partial charge on any atom is 0.337 e. The Morgan fingerprint density at radius 3 is 2.52 bits per heavy atom. The van der Waals surface area contributed by atoms with Crippen LogP contribution in [0.4, 0.5) is 10.5 Å². The van der Waals surface area contributed by atoms with Gasteiger partial charge in [0.1, 0.15) is 0 Å². The molecule has 2 atom stereocenters. The lowest BCUT2D eigenvalue weighted by molar-refractivity contribution is 0.0697. The first-order valence-corrected chi connectivity index (χ1v) is 7.51. The number of hydrogen-bond donors (Lipinski definition) is 2. The van der Waals surface area contributed by atoms with E-state index in [9.17, 15) is 9.59 Å². The summed E-state index contributed by atoms with van der Waals surface area (Å²) < 4.78 is 0. The fourth-order valence-corrected chi connectivity index (χ4v) is 3.57. The number of urea groups is 1. The second kappa shape index (κ2) is 5.56. The molecule has 0 spiro atoms. The molecule has 1 saturated heterocycles. The molecule has 112 valence electrons. The summed E-state index contributed by atoms with van der Waals surface area (Å²) in [6.45, 7) is 1.60. The summed E-state index contributed by atoms with van der Waals surface area (Å²) in [6, 6.07) is 4.32. The van der Waals surface area contributed by atoms with E-state index in [4.69, 9.17) is 16.7 Å². The number of nitrogens with one attached hydrogen (secondary N) is 1. The van der Waals surface area contributed by atoms with Gasteiger partial charge in [0.2, 0.25) is 0 Å². The summed E-state index contributed by atoms with van der Waals surface area (Å²) in [4.78, 5) is 25.1. The number of hydrogen-bond acceptors (Lipinski definition) is 2. The number of carbonyl (C=O) groups excluding carboxylic acids is 1. The molecule has 0 aromatic heterocycles. The molecule has 6 heteroatoms. The number of aromatic carboxylic acids is 1. The molecule has 1 heterocycles. The molecular weight excluding hydrogens is 292 g/mol. The summed E-state index contributed by atoms with van der Waals surface area (Å²) in [5, 5.41) is 12.0. The van der Waals surface area contributed by atoms with Crippen LogP contribution in [0.1, 0.15) is 29.6 Å². The number of fused-ring (bicyclic) bond motifs is 1. The van der Waals surface area contributed by atoms with Gasteiger partial charge in [0.25, 0.3) is 0 Å². The number of carboxylic acids is 1. The van der Waals surface area contributed by atoms with Crippen molar-refractivity contribution in [3.8, 4) is 0 Å². The van der Waals surface area contributed by atoms with Crippen LogP contribution in [0, 0.1) is 11.8 Å². The molecule has 2 amide bonds. The molecule has 1 aromatic carbocycles. The smallest absolute Gasteiger partial charge is 0.337 e. The minimum Gasteiger partial charge on any atom is -0.478 e. The SMILES string of the molecule is O=C(O)c1cc(NC(=O)N2CC3CCCC3C2)ccc1Cl. The number of carbonyl (C=O) groups is 2. The Bertz CT molecular complexity index is 578. The molecule has 0 bridgehead atoms. The maximum absolute atomic E-state index is 12.2. The Kier molecular flexibility index (Phi) is 3.76. The largest absolute Gasteiger partial charge is 0.478 e. The zero-order chi connectivity index (χ0) is 15.0. The van der Waals surface area contributed by atoms with Crippen LogP contribution < -0.4 is 5.32 Å². The van der Waals surface area contributed by atoms with Crippen molar-refractivity contribution in [1.82, 2.24) is 4.90 Å². The van der Waals surface area contributed by atoms with Crippen LogP contribution >= 0.6 is 11.6 Å². The highest BCUT2D eigenvalue weighted by atomic mass is 35.5. The molecule has 1 saturated carbocycles. The van der Waals surface area contributed by atoms with E-state index in [1.807, 2.05) is 4.90 Å². The van der Waals surface area contributed by atoms with E-state index in [0.717, 1.165) is 13.1 Å². The maximum atomic E-state index is 12.2. The summed E-state index contributed by atoms with van der Waals surface area (Å²) in [5.74, 6) is 0.165. The first kappa shape index (κ1) is 14.2. The molecule has 1 aliphatic heterocycles. The van der Waals surface area contributed by atoms with E-state index in [1.165, 1.54) is 31.4 Å². The van der Waals surface area contributed by atoms with Gasteiger partial charge in [0.05, 0.1) is 10.6 Å². The van der Waals surface area contributed by atoms with Gasteiger partial charge in [0, 0.05) is 18.8 Å². The number of likely N-dealkylation sites (tertiary alicyclic amines) is 1. The highest BCUT2D eigenvalue weighted by Crippen LogP contribution is 2.37. The lowest BCUT2D eigenvalue weighted by Gasteiger charge is -2.18. The van der Waals surface area contributed by atoms with Gasteiger partial charge in [-0.05, 0) is 42.9 Å². The van der Waals surface area contributed by atoms with Crippen molar-refractivity contribution < 1.29 is 14.7 Å². The monoisotopic (exact) mass is 308 g/mol. The predicted molar refractivity (Wildman–Crippen MR) is 79.8 cm³/mol. The molecule has 2 fully saturated rings. The van der Waals surface area contributed by atoms with Gasteiger partial charge in [-0.1, -0.05) is 18.0 Å². The first-order chi connectivity index (χ1) is 10.0. The lowest BCUT2D eigenvalue weighted by Crippen LogP contribution is -2.33. The highest BCUT2D eigenvalue weighted by Gasteiger charge is 2.38. The minimum atomic E-state index is -1.10. The molecule has 3 rings (SSSR count). The van der Waals surface area contributed by atoms with E-state index < -0.39 is 5.97 Å². The molecule has 5 nitrogen and oxygen atoms in total. The van der Waals surface area contributed by atoms with Crippen LogP contribution in [-0.2, 0) is 0 Å². The average molecular weight is 309 g/mol. The van der Waals surface area contributed by atoms with Crippen molar-refractivity contribution in [2.24, 2.45) is 11.8 Å². The Balaban J connectivity index is 1.68. The van der Waals surface area contributed by atoms with Crippen molar-refractivity contribution in [3.63, 3.8) is 0 Å². The number of halogens is 1. The van der Waals surface area contributed by atoms with Crippen LogP contribution in [0.2, 0.25) is 5.02 Å². The number of benzene rings is 1. The summed E-state index contributed by atoms with van der Waals surface area (Å²) in [7, 11) is 0. The van der Waals surface area contributed by atoms with Gasteiger partial charge in [-0.15, -0.1) is 0 Å². The molecule has 21 heavy (non-hydrogen) atoms. The lowest BCUT2D eigenvalue weighted by atomic mass is 10.0. The molecule has 0 radical (unpaired) electrons. The number of rotatable bonds is 2. The average Bonchev–Trinajstić information content (AvgIpc) is 3.01. The normalized spacial score (nSPS) is 24.0. The van der Waals surface area contributed by atoms with Crippen molar-refractivity contribution >= 4 is 29.3 Å². The zero-order valence-corrected chi connectivity index (χ0v) is 12.3. The fraction of sp³-hybridized carbons (Fsp3) is 0.467. The van der Waals surface area contributed by atoms with Gasteiger partial charge < -0.3 is 15.3 Å². The third-order valence-electron chi connectivity index (χ3n) is 4.46. The third kappa shape index (κ3) is 2.83. The van der Waals surface area contributed by atoms with Crippen molar-refractivity contribution in [2.45, 2.75) is 19.3 Å². The summed E-state index contributed by atoms with van der Waals surface area (Å²) >= 11 is 5.82. The van der Waals surface area contributed by atoms with Crippen LogP contribution in [0.3, 0.4) is 0 Å². The zero-order valence-electron chi connectivity index (χ0n) is 11.5. The van der Waals surface area contributed by atoms with Crippen molar-refractivity contribution in [2.75, 3.05) is 18.4 Å². The topological polar surface area (TPSA) is 69.6 Å². The second-order valence-corrected chi connectivity index (χ2v) is 6.19. The molecular formula is C15H17ClN2O3. The molecule has 2 aliphatic rings. The number of amides is 2. The van der Waals surface area contributed by atoms with E-state index in [1.54, 1.807) is 6.07 Å². The molecule has 2 N–H and O–H groups in total. The Morgan fingerprint density at radius 2 is 1.90 bits per heavy atom. The van der Waals surface area contributed by atoms with Gasteiger partial charge in [0.15, 0.2) is 0 Å². The van der Waals surface area contributed by atoms with Crippen LogP contribution in [0.15, 0.2) is 18.2 Å². The number of anilines is 1.